The second kappa shape index (κ2) is 7.24. The fraction of sp³-hybridized carbons (Fsp3) is 0.667. The minimum absolute atomic E-state index is 0.853. The highest BCUT2D eigenvalue weighted by Crippen LogP contribution is 2.24. The fourth-order valence-electron chi connectivity index (χ4n) is 2.56. The quantitative estimate of drug-likeness (QED) is 0.800. The van der Waals surface area contributed by atoms with Gasteiger partial charge in [-0.25, -0.2) is 0 Å². The van der Waals surface area contributed by atoms with Crippen LogP contribution in [0, 0.1) is 5.92 Å². The lowest BCUT2D eigenvalue weighted by molar-refractivity contribution is 0.373. The summed E-state index contributed by atoms with van der Waals surface area (Å²) in [4.78, 5) is 4.28. The number of nitrogens with one attached hydrogen (secondary N) is 2. The van der Waals surface area contributed by atoms with Gasteiger partial charge in [0.25, 0.3) is 0 Å². The van der Waals surface area contributed by atoms with Gasteiger partial charge in [-0.15, -0.1) is 0 Å². The van der Waals surface area contributed by atoms with E-state index in [1.165, 1.54) is 32.1 Å². The Balaban J connectivity index is 1.80. The first-order chi connectivity index (χ1) is 8.88. The Morgan fingerprint density at radius 2 is 1.83 bits per heavy atom. The number of hydrogen-bond acceptors (Lipinski definition) is 3. The van der Waals surface area contributed by atoms with Crippen LogP contribution < -0.4 is 10.6 Å². The van der Waals surface area contributed by atoms with E-state index in [2.05, 4.69) is 28.6 Å². The number of anilines is 2. The van der Waals surface area contributed by atoms with E-state index >= 15 is 0 Å². The molecule has 1 aliphatic rings. The zero-order valence-electron chi connectivity index (χ0n) is 11.4. The van der Waals surface area contributed by atoms with E-state index in [1.54, 1.807) is 0 Å². The van der Waals surface area contributed by atoms with Crippen LogP contribution in [0.4, 0.5) is 11.4 Å². The Labute approximate surface area is 110 Å². The van der Waals surface area contributed by atoms with Gasteiger partial charge in [0.1, 0.15) is 0 Å². The maximum atomic E-state index is 4.28. The summed E-state index contributed by atoms with van der Waals surface area (Å²) in [7, 11) is 0. The van der Waals surface area contributed by atoms with Gasteiger partial charge < -0.3 is 10.6 Å². The van der Waals surface area contributed by atoms with Gasteiger partial charge in [-0.2, -0.15) is 0 Å². The maximum Gasteiger partial charge on any atom is 0.0547 e. The Morgan fingerprint density at radius 3 is 2.56 bits per heavy atom. The second-order valence-electron chi connectivity index (χ2n) is 5.27. The van der Waals surface area contributed by atoms with Crippen molar-refractivity contribution in [1.82, 2.24) is 4.98 Å². The average molecular weight is 247 g/mol. The molecule has 1 heterocycles. The number of rotatable bonds is 6. The van der Waals surface area contributed by atoms with Crippen LogP contribution in [-0.4, -0.2) is 18.1 Å². The van der Waals surface area contributed by atoms with Crippen molar-refractivity contribution >= 4 is 11.4 Å². The molecule has 0 aliphatic heterocycles. The molecule has 2 N–H and O–H groups in total. The van der Waals surface area contributed by atoms with Gasteiger partial charge in [0.05, 0.1) is 23.8 Å². The van der Waals surface area contributed by atoms with Crippen LogP contribution >= 0.6 is 0 Å². The molecular weight excluding hydrogens is 222 g/mol. The third-order valence-electron chi connectivity index (χ3n) is 3.64. The zero-order valence-corrected chi connectivity index (χ0v) is 11.4. The molecule has 1 fully saturated rings. The van der Waals surface area contributed by atoms with Crippen LogP contribution in [0.3, 0.4) is 0 Å². The van der Waals surface area contributed by atoms with E-state index in [0.717, 1.165) is 36.8 Å². The summed E-state index contributed by atoms with van der Waals surface area (Å²) in [5, 5.41) is 6.90. The smallest absolute Gasteiger partial charge is 0.0547 e. The summed E-state index contributed by atoms with van der Waals surface area (Å²) >= 11 is 0. The Hall–Kier alpha value is -1.25. The first kappa shape index (κ1) is 13.2. The van der Waals surface area contributed by atoms with Crippen LogP contribution in [0.15, 0.2) is 18.5 Å². The normalized spacial score (nSPS) is 16.5. The summed E-state index contributed by atoms with van der Waals surface area (Å²) in [5.41, 5.74) is 2.26. The van der Waals surface area contributed by atoms with Crippen molar-refractivity contribution in [3.05, 3.63) is 18.5 Å². The number of pyridine rings is 1. The van der Waals surface area contributed by atoms with Gasteiger partial charge in [0.2, 0.25) is 0 Å². The molecule has 0 saturated heterocycles. The predicted octanol–water partition coefficient (Wildman–Crippen LogP) is 3.90. The van der Waals surface area contributed by atoms with E-state index in [-0.39, 0.29) is 0 Å². The van der Waals surface area contributed by atoms with E-state index < -0.39 is 0 Å². The maximum absolute atomic E-state index is 4.28. The number of nitrogens with zero attached hydrogens (tertiary/aromatic N) is 1. The molecule has 1 aliphatic carbocycles. The van der Waals surface area contributed by atoms with Crippen LogP contribution in [0.2, 0.25) is 0 Å². The zero-order chi connectivity index (χ0) is 12.6. The molecule has 0 atom stereocenters. The number of aromatic nitrogens is 1. The lowest BCUT2D eigenvalue weighted by Crippen LogP contribution is -2.17. The van der Waals surface area contributed by atoms with Crippen molar-refractivity contribution in [2.45, 2.75) is 45.4 Å². The lowest BCUT2D eigenvalue weighted by atomic mass is 9.89. The van der Waals surface area contributed by atoms with Crippen molar-refractivity contribution in [3.8, 4) is 0 Å². The summed E-state index contributed by atoms with van der Waals surface area (Å²) in [5.74, 6) is 0.853. The van der Waals surface area contributed by atoms with Gasteiger partial charge in [-0.05, 0) is 31.2 Å². The third-order valence-corrected chi connectivity index (χ3v) is 3.64. The molecule has 18 heavy (non-hydrogen) atoms. The second-order valence-corrected chi connectivity index (χ2v) is 5.27. The van der Waals surface area contributed by atoms with Crippen LogP contribution in [-0.2, 0) is 0 Å². The highest BCUT2D eigenvalue weighted by molar-refractivity contribution is 5.53. The molecule has 3 heteroatoms. The molecule has 2 rings (SSSR count). The fourth-order valence-corrected chi connectivity index (χ4v) is 2.56. The number of hydrogen-bond donors (Lipinski definition) is 2. The molecule has 0 aromatic carbocycles. The van der Waals surface area contributed by atoms with Crippen molar-refractivity contribution in [3.63, 3.8) is 0 Å². The first-order valence-corrected chi connectivity index (χ1v) is 7.31. The third kappa shape index (κ3) is 4.21. The minimum Gasteiger partial charge on any atom is -0.384 e. The molecular formula is C15H25N3. The van der Waals surface area contributed by atoms with E-state index in [4.69, 9.17) is 0 Å². The SMILES string of the molecule is CCCNc1cncc(NCC2CCCCC2)c1. The highest BCUT2D eigenvalue weighted by Gasteiger charge is 2.12. The lowest BCUT2D eigenvalue weighted by Gasteiger charge is -2.22. The first-order valence-electron chi connectivity index (χ1n) is 7.31. The Morgan fingerprint density at radius 1 is 1.11 bits per heavy atom. The van der Waals surface area contributed by atoms with Gasteiger partial charge >= 0.3 is 0 Å². The Bertz CT molecular complexity index is 345. The summed E-state index contributed by atoms with van der Waals surface area (Å²) in [6.07, 6.45) is 11.9. The summed E-state index contributed by atoms with van der Waals surface area (Å²) in [6.45, 7) is 4.28. The molecule has 1 saturated carbocycles. The summed E-state index contributed by atoms with van der Waals surface area (Å²) in [6, 6.07) is 2.16. The molecule has 1 aromatic heterocycles. The van der Waals surface area contributed by atoms with Gasteiger partial charge in [0.15, 0.2) is 0 Å². The van der Waals surface area contributed by atoms with Crippen molar-refractivity contribution in [2.24, 2.45) is 5.92 Å². The molecule has 0 unspecified atom stereocenters. The highest BCUT2D eigenvalue weighted by atomic mass is 14.9. The van der Waals surface area contributed by atoms with Crippen molar-refractivity contribution < 1.29 is 0 Å². The molecule has 100 valence electrons. The van der Waals surface area contributed by atoms with E-state index in [1.807, 2.05) is 12.4 Å². The predicted molar refractivity (Wildman–Crippen MR) is 78.1 cm³/mol. The largest absolute Gasteiger partial charge is 0.384 e. The van der Waals surface area contributed by atoms with Gasteiger partial charge in [0, 0.05) is 13.1 Å². The topological polar surface area (TPSA) is 37.0 Å². The van der Waals surface area contributed by atoms with Gasteiger partial charge in [-0.1, -0.05) is 26.2 Å². The van der Waals surface area contributed by atoms with Crippen molar-refractivity contribution in [1.29, 1.82) is 0 Å². The standard InChI is InChI=1S/C15H25N3/c1-2-8-17-14-9-15(12-16-11-14)18-10-13-6-4-3-5-7-13/h9,11-13,17-18H,2-8,10H2,1H3. The van der Waals surface area contributed by atoms with Crippen LogP contribution in [0.1, 0.15) is 45.4 Å². The van der Waals surface area contributed by atoms with Crippen molar-refractivity contribution in [2.75, 3.05) is 23.7 Å². The molecule has 0 spiro atoms. The molecule has 0 bridgehead atoms. The Kier molecular flexibility index (Phi) is 5.31. The molecule has 0 amide bonds. The monoisotopic (exact) mass is 247 g/mol. The molecule has 1 aromatic rings. The van der Waals surface area contributed by atoms with Crippen LogP contribution in [0.25, 0.3) is 0 Å². The van der Waals surface area contributed by atoms with E-state index in [9.17, 15) is 0 Å². The summed E-state index contributed by atoms with van der Waals surface area (Å²) < 4.78 is 0. The molecule has 3 nitrogen and oxygen atoms in total. The minimum atomic E-state index is 0.853. The van der Waals surface area contributed by atoms with Crippen LogP contribution in [0.5, 0.6) is 0 Å². The van der Waals surface area contributed by atoms with E-state index in [0.29, 0.717) is 0 Å². The molecule has 0 radical (unpaired) electrons. The average Bonchev–Trinajstić information content (AvgIpc) is 2.44. The van der Waals surface area contributed by atoms with Gasteiger partial charge in [-0.3, -0.25) is 4.98 Å².